The van der Waals surface area contributed by atoms with Crippen molar-refractivity contribution in [2.45, 2.75) is 6.92 Å². The van der Waals surface area contributed by atoms with Gasteiger partial charge in [-0.1, -0.05) is 52.3 Å². The molecule has 0 aliphatic carbocycles. The second kappa shape index (κ2) is 6.25. The Bertz CT molecular complexity index is 377. The van der Waals surface area contributed by atoms with E-state index < -0.39 is 0 Å². The minimum atomic E-state index is 0.322. The average Bonchev–Trinajstić information content (AvgIpc) is 2.25. The van der Waals surface area contributed by atoms with E-state index in [0.717, 1.165) is 0 Å². The molecular formula is C13H13BrO. The van der Waals surface area contributed by atoms with Crippen LogP contribution in [0.2, 0.25) is 0 Å². The zero-order chi connectivity index (χ0) is 11.1. The number of hydrogen-bond acceptors (Lipinski definition) is 1. The summed E-state index contributed by atoms with van der Waals surface area (Å²) in [6, 6.07) is 16.9. The topological polar surface area (TPSA) is 20.2 Å². The Kier molecular flexibility index (Phi) is 4.91. The number of phenolic OH excluding ortho intramolecular Hbond substituents is 1. The molecule has 0 bridgehead atoms. The summed E-state index contributed by atoms with van der Waals surface area (Å²) in [5.74, 6) is 0.322. The summed E-state index contributed by atoms with van der Waals surface area (Å²) in [7, 11) is 0. The summed E-state index contributed by atoms with van der Waals surface area (Å²) >= 11 is 3.40. The Labute approximate surface area is 98.5 Å². The van der Waals surface area contributed by atoms with Crippen LogP contribution in [0.1, 0.15) is 5.56 Å². The number of aromatic hydroxyl groups is 1. The van der Waals surface area contributed by atoms with Crippen molar-refractivity contribution in [1.82, 2.24) is 0 Å². The summed E-state index contributed by atoms with van der Waals surface area (Å²) in [6.45, 7) is 2.07. The smallest absolute Gasteiger partial charge is 0.115 e. The van der Waals surface area contributed by atoms with Crippen LogP contribution in [0.15, 0.2) is 59.1 Å². The SMILES string of the molecule is Cc1ccccc1Br.Oc1ccccc1. The molecule has 2 heteroatoms. The standard InChI is InChI=1S/C7H7Br.C6H6O/c1-6-4-2-3-5-7(6)8;7-6-4-2-1-3-5-6/h2-5H,1H3;1-5,7H. The first-order valence-corrected chi connectivity index (χ1v) is 5.44. The van der Waals surface area contributed by atoms with E-state index in [-0.39, 0.29) is 0 Å². The number of halogens is 1. The second-order valence-corrected chi connectivity index (χ2v) is 3.94. The fourth-order valence-corrected chi connectivity index (χ4v) is 1.26. The Hall–Kier alpha value is -1.28. The highest BCUT2D eigenvalue weighted by Crippen LogP contribution is 2.13. The van der Waals surface area contributed by atoms with Gasteiger partial charge in [0, 0.05) is 4.47 Å². The van der Waals surface area contributed by atoms with Crippen LogP contribution in [-0.4, -0.2) is 5.11 Å². The zero-order valence-corrected chi connectivity index (χ0v) is 10.1. The van der Waals surface area contributed by atoms with Crippen LogP contribution >= 0.6 is 15.9 Å². The van der Waals surface area contributed by atoms with Crippen LogP contribution in [0.4, 0.5) is 0 Å². The molecule has 0 aromatic heterocycles. The quantitative estimate of drug-likeness (QED) is 0.758. The van der Waals surface area contributed by atoms with Crippen molar-refractivity contribution < 1.29 is 5.11 Å². The van der Waals surface area contributed by atoms with Gasteiger partial charge in [-0.2, -0.15) is 0 Å². The predicted octanol–water partition coefficient (Wildman–Crippen LogP) is 4.15. The van der Waals surface area contributed by atoms with Crippen molar-refractivity contribution in [2.24, 2.45) is 0 Å². The molecule has 0 heterocycles. The summed E-state index contributed by atoms with van der Waals surface area (Å²) in [5, 5.41) is 8.63. The maximum absolute atomic E-state index is 8.63. The van der Waals surface area contributed by atoms with Gasteiger partial charge in [0.15, 0.2) is 0 Å². The summed E-state index contributed by atoms with van der Waals surface area (Å²) in [5.41, 5.74) is 1.28. The lowest BCUT2D eigenvalue weighted by molar-refractivity contribution is 0.475. The lowest BCUT2D eigenvalue weighted by Crippen LogP contribution is -1.69. The van der Waals surface area contributed by atoms with Gasteiger partial charge in [-0.05, 0) is 30.7 Å². The monoisotopic (exact) mass is 264 g/mol. The van der Waals surface area contributed by atoms with Crippen LogP contribution in [-0.2, 0) is 0 Å². The van der Waals surface area contributed by atoms with Crippen molar-refractivity contribution in [1.29, 1.82) is 0 Å². The van der Waals surface area contributed by atoms with Crippen molar-refractivity contribution >= 4 is 15.9 Å². The summed E-state index contributed by atoms with van der Waals surface area (Å²) in [6.07, 6.45) is 0. The third-order valence-electron chi connectivity index (χ3n) is 1.83. The van der Waals surface area contributed by atoms with Gasteiger partial charge in [0.25, 0.3) is 0 Å². The van der Waals surface area contributed by atoms with Crippen LogP contribution in [0.3, 0.4) is 0 Å². The number of benzene rings is 2. The molecule has 0 radical (unpaired) electrons. The number of phenols is 1. The maximum atomic E-state index is 8.63. The number of para-hydroxylation sites is 1. The van der Waals surface area contributed by atoms with Crippen molar-refractivity contribution in [3.63, 3.8) is 0 Å². The lowest BCUT2D eigenvalue weighted by Gasteiger charge is -1.91. The molecule has 15 heavy (non-hydrogen) atoms. The molecule has 0 amide bonds. The predicted molar refractivity (Wildman–Crippen MR) is 67.0 cm³/mol. The molecule has 0 unspecified atom stereocenters. The molecule has 0 saturated carbocycles. The van der Waals surface area contributed by atoms with E-state index in [1.807, 2.05) is 24.3 Å². The molecule has 2 aromatic rings. The van der Waals surface area contributed by atoms with E-state index in [2.05, 4.69) is 28.9 Å². The molecule has 0 atom stereocenters. The van der Waals surface area contributed by atoms with E-state index in [9.17, 15) is 0 Å². The first-order valence-electron chi connectivity index (χ1n) is 4.65. The van der Waals surface area contributed by atoms with Crippen LogP contribution in [0, 0.1) is 6.92 Å². The second-order valence-electron chi connectivity index (χ2n) is 3.08. The Balaban J connectivity index is 0.000000151. The van der Waals surface area contributed by atoms with E-state index in [1.165, 1.54) is 10.0 Å². The lowest BCUT2D eigenvalue weighted by atomic mass is 10.2. The third-order valence-corrected chi connectivity index (χ3v) is 2.72. The van der Waals surface area contributed by atoms with Gasteiger partial charge in [0.1, 0.15) is 5.75 Å². The fraction of sp³-hybridized carbons (Fsp3) is 0.0769. The van der Waals surface area contributed by atoms with E-state index >= 15 is 0 Å². The zero-order valence-electron chi connectivity index (χ0n) is 8.52. The molecule has 78 valence electrons. The minimum Gasteiger partial charge on any atom is -0.508 e. The van der Waals surface area contributed by atoms with Gasteiger partial charge in [0.05, 0.1) is 0 Å². The van der Waals surface area contributed by atoms with Crippen molar-refractivity contribution in [3.8, 4) is 5.75 Å². The van der Waals surface area contributed by atoms with Crippen molar-refractivity contribution in [3.05, 3.63) is 64.6 Å². The first-order chi connectivity index (χ1) is 7.20. The van der Waals surface area contributed by atoms with E-state index in [0.29, 0.717) is 5.75 Å². The van der Waals surface area contributed by atoms with Gasteiger partial charge >= 0.3 is 0 Å². The van der Waals surface area contributed by atoms with Crippen LogP contribution in [0.25, 0.3) is 0 Å². The molecule has 1 N–H and O–H groups in total. The highest BCUT2D eigenvalue weighted by Gasteiger charge is 1.86. The molecule has 0 aliphatic rings. The molecule has 2 rings (SSSR count). The van der Waals surface area contributed by atoms with Crippen LogP contribution in [0.5, 0.6) is 5.75 Å². The summed E-state index contributed by atoms with van der Waals surface area (Å²) in [4.78, 5) is 0. The normalized spacial score (nSPS) is 8.93. The number of rotatable bonds is 0. The average molecular weight is 265 g/mol. The molecule has 2 aromatic carbocycles. The Morgan fingerprint density at radius 3 is 1.73 bits per heavy atom. The number of hydrogen-bond donors (Lipinski definition) is 1. The van der Waals surface area contributed by atoms with E-state index in [4.69, 9.17) is 5.11 Å². The minimum absolute atomic E-state index is 0.322. The third kappa shape index (κ3) is 4.66. The Morgan fingerprint density at radius 2 is 1.40 bits per heavy atom. The largest absolute Gasteiger partial charge is 0.508 e. The van der Waals surface area contributed by atoms with Gasteiger partial charge < -0.3 is 5.11 Å². The van der Waals surface area contributed by atoms with Gasteiger partial charge in [-0.15, -0.1) is 0 Å². The molecular weight excluding hydrogens is 252 g/mol. The molecule has 0 saturated heterocycles. The van der Waals surface area contributed by atoms with E-state index in [1.54, 1.807) is 24.3 Å². The molecule has 1 nitrogen and oxygen atoms in total. The first kappa shape index (κ1) is 11.8. The van der Waals surface area contributed by atoms with Crippen LogP contribution < -0.4 is 0 Å². The van der Waals surface area contributed by atoms with Gasteiger partial charge in [-0.3, -0.25) is 0 Å². The van der Waals surface area contributed by atoms with Crippen molar-refractivity contribution in [2.75, 3.05) is 0 Å². The fourth-order valence-electron chi connectivity index (χ4n) is 0.979. The molecule has 0 fully saturated rings. The molecule has 0 spiro atoms. The highest BCUT2D eigenvalue weighted by atomic mass is 79.9. The summed E-state index contributed by atoms with van der Waals surface area (Å²) < 4.78 is 1.18. The Morgan fingerprint density at radius 1 is 0.867 bits per heavy atom. The van der Waals surface area contributed by atoms with Gasteiger partial charge in [0.2, 0.25) is 0 Å². The molecule has 0 aliphatic heterocycles. The number of aryl methyl sites for hydroxylation is 1. The van der Waals surface area contributed by atoms with Gasteiger partial charge in [-0.25, -0.2) is 0 Å². The highest BCUT2D eigenvalue weighted by molar-refractivity contribution is 9.10. The maximum Gasteiger partial charge on any atom is 0.115 e.